The standard InChI is InChI=1S/C16H14Cl2N2O3/c1-9(21)19-11-4-2-3-10(5-11)6-15(22)20-12-7-13(17)16(23)14(18)8-12/h2-5,7-8,23H,6H2,1H3,(H,19,21)(H,20,22). The number of amides is 2. The summed E-state index contributed by atoms with van der Waals surface area (Å²) >= 11 is 11.6. The van der Waals surface area contributed by atoms with E-state index in [0.29, 0.717) is 11.4 Å². The highest BCUT2D eigenvalue weighted by atomic mass is 35.5. The van der Waals surface area contributed by atoms with Crippen LogP contribution in [0, 0.1) is 0 Å². The molecular formula is C16H14Cl2N2O3. The largest absolute Gasteiger partial charge is 0.505 e. The van der Waals surface area contributed by atoms with E-state index in [-0.39, 0.29) is 34.0 Å². The van der Waals surface area contributed by atoms with Crippen molar-refractivity contribution in [2.45, 2.75) is 13.3 Å². The Balaban J connectivity index is 2.06. The molecule has 0 spiro atoms. The number of rotatable bonds is 4. The summed E-state index contributed by atoms with van der Waals surface area (Å²) in [5.74, 6) is -0.683. The van der Waals surface area contributed by atoms with Crippen LogP contribution in [0.2, 0.25) is 10.0 Å². The van der Waals surface area contributed by atoms with Gasteiger partial charge in [0, 0.05) is 18.3 Å². The fourth-order valence-electron chi connectivity index (χ4n) is 1.99. The Morgan fingerprint density at radius 1 is 1.04 bits per heavy atom. The number of anilines is 2. The van der Waals surface area contributed by atoms with Crippen molar-refractivity contribution < 1.29 is 14.7 Å². The second-order valence-corrected chi connectivity index (χ2v) is 5.71. The van der Waals surface area contributed by atoms with E-state index in [0.717, 1.165) is 5.56 Å². The predicted octanol–water partition coefficient (Wildman–Crippen LogP) is 3.84. The summed E-state index contributed by atoms with van der Waals surface area (Å²) in [5.41, 5.74) is 1.75. The van der Waals surface area contributed by atoms with E-state index >= 15 is 0 Å². The molecule has 3 N–H and O–H groups in total. The molecule has 0 bridgehead atoms. The van der Waals surface area contributed by atoms with E-state index in [1.165, 1.54) is 19.1 Å². The minimum atomic E-state index is -0.275. The van der Waals surface area contributed by atoms with Crippen LogP contribution in [0.4, 0.5) is 11.4 Å². The number of hydrogen-bond donors (Lipinski definition) is 3. The zero-order valence-corrected chi connectivity index (χ0v) is 13.7. The third-order valence-electron chi connectivity index (χ3n) is 2.91. The van der Waals surface area contributed by atoms with Crippen molar-refractivity contribution in [3.05, 3.63) is 52.0 Å². The van der Waals surface area contributed by atoms with E-state index in [9.17, 15) is 14.7 Å². The molecule has 0 heterocycles. The molecule has 7 heteroatoms. The van der Waals surface area contributed by atoms with Crippen molar-refractivity contribution in [1.29, 1.82) is 0 Å². The van der Waals surface area contributed by atoms with E-state index < -0.39 is 0 Å². The van der Waals surface area contributed by atoms with Gasteiger partial charge in [0.1, 0.15) is 0 Å². The molecule has 23 heavy (non-hydrogen) atoms. The number of hydrogen-bond acceptors (Lipinski definition) is 3. The van der Waals surface area contributed by atoms with Gasteiger partial charge in [-0.3, -0.25) is 9.59 Å². The fourth-order valence-corrected chi connectivity index (χ4v) is 2.48. The summed E-state index contributed by atoms with van der Waals surface area (Å²) in [7, 11) is 0. The Morgan fingerprint density at radius 2 is 1.70 bits per heavy atom. The maximum Gasteiger partial charge on any atom is 0.228 e. The molecule has 120 valence electrons. The molecule has 2 aromatic rings. The van der Waals surface area contributed by atoms with Crippen LogP contribution in [0.5, 0.6) is 5.75 Å². The molecule has 0 saturated heterocycles. The normalized spacial score (nSPS) is 10.2. The Hall–Kier alpha value is -2.24. The van der Waals surface area contributed by atoms with Crippen molar-refractivity contribution in [2.75, 3.05) is 10.6 Å². The average molecular weight is 353 g/mol. The molecule has 0 aliphatic carbocycles. The highest BCUT2D eigenvalue weighted by molar-refractivity contribution is 6.37. The third-order valence-corrected chi connectivity index (χ3v) is 3.49. The number of benzene rings is 2. The van der Waals surface area contributed by atoms with E-state index in [4.69, 9.17) is 23.2 Å². The second kappa shape index (κ2) is 7.35. The number of phenolic OH excluding ortho intramolecular Hbond substituents is 1. The van der Waals surface area contributed by atoms with Gasteiger partial charge in [-0.05, 0) is 29.8 Å². The molecule has 0 aliphatic heterocycles. The van der Waals surface area contributed by atoms with Gasteiger partial charge in [0.15, 0.2) is 5.75 Å². The molecule has 0 unspecified atom stereocenters. The van der Waals surface area contributed by atoms with Gasteiger partial charge in [0.25, 0.3) is 0 Å². The zero-order valence-electron chi connectivity index (χ0n) is 12.2. The quantitative estimate of drug-likeness (QED) is 0.731. The lowest BCUT2D eigenvalue weighted by Crippen LogP contribution is -2.14. The van der Waals surface area contributed by atoms with Crippen molar-refractivity contribution in [1.82, 2.24) is 0 Å². The lowest BCUT2D eigenvalue weighted by Gasteiger charge is -2.09. The molecule has 2 aromatic carbocycles. The van der Waals surface area contributed by atoms with Crippen LogP contribution in [-0.4, -0.2) is 16.9 Å². The SMILES string of the molecule is CC(=O)Nc1cccc(CC(=O)Nc2cc(Cl)c(O)c(Cl)c2)c1. The molecule has 0 saturated carbocycles. The van der Waals surface area contributed by atoms with Crippen LogP contribution in [0.3, 0.4) is 0 Å². The maximum atomic E-state index is 12.1. The first-order valence-corrected chi connectivity index (χ1v) is 7.45. The number of carbonyl (C=O) groups is 2. The van der Waals surface area contributed by atoms with Gasteiger partial charge in [0.05, 0.1) is 16.5 Å². The van der Waals surface area contributed by atoms with Gasteiger partial charge >= 0.3 is 0 Å². The maximum absolute atomic E-state index is 12.1. The lowest BCUT2D eigenvalue weighted by atomic mass is 10.1. The Bertz CT molecular complexity index is 740. The summed E-state index contributed by atoms with van der Waals surface area (Å²) < 4.78 is 0. The highest BCUT2D eigenvalue weighted by Gasteiger charge is 2.10. The van der Waals surface area contributed by atoms with Crippen LogP contribution >= 0.6 is 23.2 Å². The minimum absolute atomic E-state index is 0.0560. The van der Waals surface area contributed by atoms with Crippen LogP contribution < -0.4 is 10.6 Å². The van der Waals surface area contributed by atoms with E-state index in [1.807, 2.05) is 0 Å². The number of carbonyl (C=O) groups excluding carboxylic acids is 2. The average Bonchev–Trinajstić information content (AvgIpc) is 2.44. The summed E-state index contributed by atoms with van der Waals surface area (Å²) in [6.07, 6.45) is 0.115. The van der Waals surface area contributed by atoms with Gasteiger partial charge in [-0.15, -0.1) is 0 Å². The Labute approximate surface area is 143 Å². The first-order valence-electron chi connectivity index (χ1n) is 6.69. The number of phenols is 1. The molecular weight excluding hydrogens is 339 g/mol. The first-order chi connectivity index (χ1) is 10.8. The smallest absolute Gasteiger partial charge is 0.228 e. The summed E-state index contributed by atoms with van der Waals surface area (Å²) in [6.45, 7) is 1.41. The van der Waals surface area contributed by atoms with E-state index in [2.05, 4.69) is 10.6 Å². The molecule has 5 nitrogen and oxygen atoms in total. The van der Waals surface area contributed by atoms with Gasteiger partial charge in [-0.2, -0.15) is 0 Å². The van der Waals surface area contributed by atoms with Crippen LogP contribution in [0.15, 0.2) is 36.4 Å². The van der Waals surface area contributed by atoms with Crippen molar-refractivity contribution in [2.24, 2.45) is 0 Å². The summed E-state index contributed by atoms with van der Waals surface area (Å²) in [6, 6.07) is 9.81. The first kappa shape index (κ1) is 17.1. The zero-order chi connectivity index (χ0) is 17.0. The lowest BCUT2D eigenvalue weighted by molar-refractivity contribution is -0.115. The molecule has 0 radical (unpaired) electrons. The molecule has 2 rings (SSSR count). The van der Waals surface area contributed by atoms with Crippen LogP contribution in [0.1, 0.15) is 12.5 Å². The third kappa shape index (κ3) is 4.87. The molecule has 0 atom stereocenters. The summed E-state index contributed by atoms with van der Waals surface area (Å²) in [4.78, 5) is 23.1. The van der Waals surface area contributed by atoms with Crippen molar-refractivity contribution >= 4 is 46.4 Å². The second-order valence-electron chi connectivity index (χ2n) is 4.90. The van der Waals surface area contributed by atoms with Gasteiger partial charge < -0.3 is 15.7 Å². The Kier molecular flexibility index (Phi) is 5.47. The molecule has 2 amide bonds. The molecule has 0 fully saturated rings. The number of halogens is 2. The van der Waals surface area contributed by atoms with Gasteiger partial charge in [-0.1, -0.05) is 35.3 Å². The predicted molar refractivity (Wildman–Crippen MR) is 91.2 cm³/mol. The Morgan fingerprint density at radius 3 is 2.30 bits per heavy atom. The summed E-state index contributed by atoms with van der Waals surface area (Å²) in [5, 5.41) is 14.9. The van der Waals surface area contributed by atoms with Gasteiger partial charge in [0.2, 0.25) is 11.8 Å². The monoisotopic (exact) mass is 352 g/mol. The van der Waals surface area contributed by atoms with Crippen molar-refractivity contribution in [3.8, 4) is 5.75 Å². The van der Waals surface area contributed by atoms with Crippen molar-refractivity contribution in [3.63, 3.8) is 0 Å². The van der Waals surface area contributed by atoms with Gasteiger partial charge in [-0.25, -0.2) is 0 Å². The minimum Gasteiger partial charge on any atom is -0.505 e. The molecule has 0 aliphatic rings. The number of nitrogens with one attached hydrogen (secondary N) is 2. The number of aromatic hydroxyl groups is 1. The molecule has 0 aromatic heterocycles. The fraction of sp³-hybridized carbons (Fsp3) is 0.125. The van der Waals surface area contributed by atoms with Crippen LogP contribution in [-0.2, 0) is 16.0 Å². The van der Waals surface area contributed by atoms with E-state index in [1.54, 1.807) is 24.3 Å². The van der Waals surface area contributed by atoms with Crippen LogP contribution in [0.25, 0.3) is 0 Å². The topological polar surface area (TPSA) is 78.4 Å². The highest BCUT2D eigenvalue weighted by Crippen LogP contribution is 2.34.